The molecule has 1 heterocycles. The lowest BCUT2D eigenvalue weighted by Gasteiger charge is -2.08. The zero-order chi connectivity index (χ0) is 13.3. The van der Waals surface area contributed by atoms with Crippen LogP contribution < -0.4 is 0 Å². The average molecular weight is 245 g/mol. The lowest BCUT2D eigenvalue weighted by molar-refractivity contribution is 0.0696. The van der Waals surface area contributed by atoms with Gasteiger partial charge in [0, 0.05) is 17.1 Å². The third-order valence-corrected chi connectivity index (χ3v) is 3.53. The van der Waals surface area contributed by atoms with Crippen molar-refractivity contribution in [3.8, 4) is 0 Å². The van der Waals surface area contributed by atoms with E-state index < -0.39 is 5.97 Å². The molecule has 0 unspecified atom stereocenters. The zero-order valence-electron chi connectivity index (χ0n) is 11.1. The second-order valence-electron chi connectivity index (χ2n) is 4.84. The number of hydrogen-bond acceptors (Lipinski definition) is 1. The maximum Gasteiger partial charge on any atom is 0.335 e. The predicted molar refractivity (Wildman–Crippen MR) is 73.3 cm³/mol. The van der Waals surface area contributed by atoms with Gasteiger partial charge in [-0.05, 0) is 49.4 Å². The molecule has 0 spiro atoms. The fourth-order valence-electron chi connectivity index (χ4n) is 2.52. The van der Waals surface area contributed by atoms with Gasteiger partial charge in [-0.2, -0.15) is 0 Å². The van der Waals surface area contributed by atoms with Crippen LogP contribution in [0.1, 0.15) is 46.8 Å². The first-order chi connectivity index (χ1) is 8.56. The summed E-state index contributed by atoms with van der Waals surface area (Å²) in [6, 6.07) is 1.75. The van der Waals surface area contributed by atoms with Gasteiger partial charge in [0.2, 0.25) is 0 Å². The lowest BCUT2D eigenvalue weighted by atomic mass is 9.96. The molecule has 0 saturated heterocycles. The summed E-state index contributed by atoms with van der Waals surface area (Å²) >= 11 is 0. The summed E-state index contributed by atoms with van der Waals surface area (Å²) < 4.78 is 0. The minimum atomic E-state index is -0.847. The average Bonchev–Trinajstić information content (AvgIpc) is 2.75. The van der Waals surface area contributed by atoms with E-state index >= 15 is 0 Å². The Kier molecular flexibility index (Phi) is 3.41. The Hall–Kier alpha value is -1.77. The second-order valence-corrected chi connectivity index (χ2v) is 4.84. The molecule has 0 radical (unpaired) electrons. The number of nitrogens with one attached hydrogen (secondary N) is 1. The van der Waals surface area contributed by atoms with Gasteiger partial charge in [-0.15, -0.1) is 0 Å². The lowest BCUT2D eigenvalue weighted by Crippen LogP contribution is -2.01. The molecular formula is C15H19NO2. The monoisotopic (exact) mass is 245 g/mol. The van der Waals surface area contributed by atoms with E-state index in [0.29, 0.717) is 5.56 Å². The quantitative estimate of drug-likeness (QED) is 0.860. The Morgan fingerprint density at radius 1 is 1.39 bits per heavy atom. The summed E-state index contributed by atoms with van der Waals surface area (Å²) in [5, 5.41) is 10.3. The Labute approximate surface area is 107 Å². The van der Waals surface area contributed by atoms with Gasteiger partial charge < -0.3 is 10.1 Å². The van der Waals surface area contributed by atoms with Gasteiger partial charge >= 0.3 is 5.97 Å². The minimum absolute atomic E-state index is 0.414. The van der Waals surface area contributed by atoms with E-state index in [1.54, 1.807) is 6.07 Å². The summed E-state index contributed by atoms with van der Waals surface area (Å²) in [7, 11) is 0. The number of aryl methyl sites for hydroxylation is 3. The van der Waals surface area contributed by atoms with Gasteiger partial charge in [-0.25, -0.2) is 4.79 Å². The largest absolute Gasteiger partial charge is 0.478 e. The molecule has 0 amide bonds. The standard InChI is InChI=1S/C15H19NO2/c1-4-5-6-11-8-16-14-9(2)7-12(15(17)18)10(3)13(11)14/h7-8,16H,4-6H2,1-3H3,(H,17,18). The summed E-state index contributed by atoms with van der Waals surface area (Å²) in [5.41, 5.74) is 4.59. The summed E-state index contributed by atoms with van der Waals surface area (Å²) in [6.07, 6.45) is 5.29. The molecule has 2 aromatic rings. The number of carboxylic acid groups (broad SMARTS) is 1. The van der Waals surface area contributed by atoms with Crippen molar-refractivity contribution in [2.24, 2.45) is 0 Å². The molecule has 18 heavy (non-hydrogen) atoms. The topological polar surface area (TPSA) is 53.1 Å². The normalized spacial score (nSPS) is 11.1. The van der Waals surface area contributed by atoms with Gasteiger partial charge in [-0.1, -0.05) is 13.3 Å². The summed E-state index contributed by atoms with van der Waals surface area (Å²) in [6.45, 7) is 6.01. The second kappa shape index (κ2) is 4.84. The number of benzene rings is 1. The minimum Gasteiger partial charge on any atom is -0.478 e. The van der Waals surface area contributed by atoms with E-state index in [0.717, 1.165) is 41.3 Å². The van der Waals surface area contributed by atoms with E-state index in [4.69, 9.17) is 0 Å². The van der Waals surface area contributed by atoms with Gasteiger partial charge in [0.25, 0.3) is 0 Å². The zero-order valence-corrected chi connectivity index (χ0v) is 11.1. The molecule has 1 aromatic carbocycles. The van der Waals surface area contributed by atoms with Crippen LogP contribution in [0.25, 0.3) is 10.9 Å². The first kappa shape index (κ1) is 12.7. The molecule has 0 fully saturated rings. The molecule has 0 aliphatic rings. The number of aromatic amines is 1. The SMILES string of the molecule is CCCCc1c[nH]c2c(C)cc(C(=O)O)c(C)c12. The number of carboxylic acids is 1. The van der Waals surface area contributed by atoms with Gasteiger partial charge in [-0.3, -0.25) is 0 Å². The number of aromatic carboxylic acids is 1. The molecule has 0 atom stereocenters. The Bertz CT molecular complexity index is 596. The highest BCUT2D eigenvalue weighted by molar-refractivity contribution is 5.99. The van der Waals surface area contributed by atoms with Crippen LogP contribution in [-0.4, -0.2) is 16.1 Å². The predicted octanol–water partition coefficient (Wildman–Crippen LogP) is 3.83. The number of aromatic nitrogens is 1. The van der Waals surface area contributed by atoms with Crippen LogP contribution in [0.2, 0.25) is 0 Å². The van der Waals surface area contributed by atoms with Crippen LogP contribution in [0.4, 0.5) is 0 Å². The fraction of sp³-hybridized carbons (Fsp3) is 0.400. The molecule has 2 rings (SSSR count). The summed E-state index contributed by atoms with van der Waals surface area (Å²) in [5.74, 6) is -0.847. The van der Waals surface area contributed by atoms with Crippen LogP contribution in [0, 0.1) is 13.8 Å². The molecule has 1 aromatic heterocycles. The van der Waals surface area contributed by atoms with Crippen LogP contribution in [0.5, 0.6) is 0 Å². The van der Waals surface area contributed by atoms with Crippen molar-refractivity contribution < 1.29 is 9.90 Å². The highest BCUT2D eigenvalue weighted by Gasteiger charge is 2.15. The Morgan fingerprint density at radius 2 is 2.11 bits per heavy atom. The van der Waals surface area contributed by atoms with Crippen LogP contribution in [0.15, 0.2) is 12.3 Å². The van der Waals surface area contributed by atoms with Crippen molar-refractivity contribution >= 4 is 16.9 Å². The van der Waals surface area contributed by atoms with Crippen molar-refractivity contribution in [1.29, 1.82) is 0 Å². The number of unbranched alkanes of at least 4 members (excludes halogenated alkanes) is 1. The third-order valence-electron chi connectivity index (χ3n) is 3.53. The molecule has 0 saturated carbocycles. The Balaban J connectivity index is 2.66. The first-order valence-electron chi connectivity index (χ1n) is 6.39. The first-order valence-corrected chi connectivity index (χ1v) is 6.39. The van der Waals surface area contributed by atoms with Crippen molar-refractivity contribution in [2.75, 3.05) is 0 Å². The molecule has 0 aliphatic carbocycles. The van der Waals surface area contributed by atoms with Gasteiger partial charge in [0.1, 0.15) is 0 Å². The fourth-order valence-corrected chi connectivity index (χ4v) is 2.52. The smallest absolute Gasteiger partial charge is 0.335 e. The van der Waals surface area contributed by atoms with Crippen LogP contribution in [0.3, 0.4) is 0 Å². The number of fused-ring (bicyclic) bond motifs is 1. The van der Waals surface area contributed by atoms with Crippen LogP contribution >= 0.6 is 0 Å². The molecule has 3 nitrogen and oxygen atoms in total. The molecule has 2 N–H and O–H groups in total. The van der Waals surface area contributed by atoms with Crippen molar-refractivity contribution in [2.45, 2.75) is 40.0 Å². The van der Waals surface area contributed by atoms with E-state index in [1.165, 1.54) is 5.56 Å². The highest BCUT2D eigenvalue weighted by Crippen LogP contribution is 2.29. The maximum absolute atomic E-state index is 11.3. The van der Waals surface area contributed by atoms with Crippen molar-refractivity contribution in [1.82, 2.24) is 4.98 Å². The number of H-pyrrole nitrogens is 1. The van der Waals surface area contributed by atoms with Gasteiger partial charge in [0.15, 0.2) is 0 Å². The molecule has 0 bridgehead atoms. The van der Waals surface area contributed by atoms with E-state index in [1.807, 2.05) is 20.0 Å². The third kappa shape index (κ3) is 2.01. The number of rotatable bonds is 4. The Morgan fingerprint density at radius 3 is 2.72 bits per heavy atom. The number of hydrogen-bond donors (Lipinski definition) is 2. The molecule has 96 valence electrons. The summed E-state index contributed by atoms with van der Waals surface area (Å²) in [4.78, 5) is 14.5. The highest BCUT2D eigenvalue weighted by atomic mass is 16.4. The van der Waals surface area contributed by atoms with E-state index in [9.17, 15) is 9.90 Å². The van der Waals surface area contributed by atoms with Gasteiger partial charge in [0.05, 0.1) is 5.56 Å². The van der Waals surface area contributed by atoms with Crippen molar-refractivity contribution in [3.05, 3.63) is 34.5 Å². The molecule has 0 aliphatic heterocycles. The number of carbonyl (C=O) groups is 1. The van der Waals surface area contributed by atoms with E-state index in [-0.39, 0.29) is 0 Å². The molecular weight excluding hydrogens is 226 g/mol. The maximum atomic E-state index is 11.3. The van der Waals surface area contributed by atoms with Crippen molar-refractivity contribution in [3.63, 3.8) is 0 Å². The van der Waals surface area contributed by atoms with Crippen LogP contribution in [-0.2, 0) is 6.42 Å². The van der Waals surface area contributed by atoms with E-state index in [2.05, 4.69) is 11.9 Å². The molecule has 3 heteroatoms.